The van der Waals surface area contributed by atoms with E-state index in [2.05, 4.69) is 0 Å². The van der Waals surface area contributed by atoms with Crippen LogP contribution in [0.2, 0.25) is 0 Å². The van der Waals surface area contributed by atoms with Crippen LogP contribution >= 0.6 is 11.8 Å². The first-order valence-corrected chi connectivity index (χ1v) is 8.02. The third kappa shape index (κ3) is 4.72. The molecule has 1 unspecified atom stereocenters. The third-order valence-electron chi connectivity index (χ3n) is 3.29. The van der Waals surface area contributed by atoms with E-state index < -0.39 is 0 Å². The number of ether oxygens (including phenoxy) is 1. The van der Waals surface area contributed by atoms with E-state index in [0.717, 1.165) is 37.2 Å². The molecule has 110 valence electrons. The molecule has 0 saturated carbocycles. The predicted molar refractivity (Wildman–Crippen MR) is 80.8 cm³/mol. The number of thioether (sulfide) groups is 1. The summed E-state index contributed by atoms with van der Waals surface area (Å²) in [5, 5.41) is 9.27. The molecular formula is C15H21NO3S. The van der Waals surface area contributed by atoms with Crippen molar-refractivity contribution in [2.24, 2.45) is 0 Å². The van der Waals surface area contributed by atoms with Gasteiger partial charge in [-0.3, -0.25) is 0 Å². The Morgan fingerprint density at radius 2 is 2.20 bits per heavy atom. The Balaban J connectivity index is 1.77. The minimum atomic E-state index is -0.233. The summed E-state index contributed by atoms with van der Waals surface area (Å²) in [7, 11) is 0. The van der Waals surface area contributed by atoms with Crippen molar-refractivity contribution >= 4 is 17.9 Å². The molecule has 1 aromatic rings. The summed E-state index contributed by atoms with van der Waals surface area (Å²) >= 11 is 1.73. The molecule has 1 N–H and O–H groups in total. The highest BCUT2D eigenvalue weighted by atomic mass is 32.2. The van der Waals surface area contributed by atoms with E-state index in [-0.39, 0.29) is 12.7 Å². The molecule has 1 aliphatic heterocycles. The lowest BCUT2D eigenvalue weighted by molar-refractivity contribution is 0.0903. The Morgan fingerprint density at radius 1 is 1.40 bits per heavy atom. The lowest BCUT2D eigenvalue weighted by Gasteiger charge is -2.31. The molecule has 4 nitrogen and oxygen atoms in total. The van der Waals surface area contributed by atoms with Crippen molar-refractivity contribution in [3.8, 4) is 0 Å². The van der Waals surface area contributed by atoms with Crippen molar-refractivity contribution in [1.29, 1.82) is 0 Å². The second-order valence-electron chi connectivity index (χ2n) is 4.84. The lowest BCUT2D eigenvalue weighted by Crippen LogP contribution is -2.41. The first-order chi connectivity index (χ1) is 9.79. The Bertz CT molecular complexity index is 413. The zero-order valence-corrected chi connectivity index (χ0v) is 12.3. The minimum Gasteiger partial charge on any atom is -0.445 e. The quantitative estimate of drug-likeness (QED) is 0.907. The first kappa shape index (κ1) is 15.2. The highest BCUT2D eigenvalue weighted by Gasteiger charge is 2.24. The van der Waals surface area contributed by atoms with Crippen molar-refractivity contribution in [2.45, 2.75) is 24.7 Å². The van der Waals surface area contributed by atoms with Gasteiger partial charge in [-0.1, -0.05) is 30.3 Å². The van der Waals surface area contributed by atoms with Crippen LogP contribution in [-0.4, -0.2) is 46.8 Å². The molecule has 1 aliphatic rings. The second-order valence-corrected chi connectivity index (χ2v) is 6.25. The highest BCUT2D eigenvalue weighted by Crippen LogP contribution is 2.22. The molecule has 1 atom stereocenters. The van der Waals surface area contributed by atoms with Crippen LogP contribution in [0.1, 0.15) is 18.4 Å². The summed E-state index contributed by atoms with van der Waals surface area (Å²) in [4.78, 5) is 13.8. The molecule has 5 heteroatoms. The smallest absolute Gasteiger partial charge is 0.410 e. The van der Waals surface area contributed by atoms with Gasteiger partial charge in [0.1, 0.15) is 6.61 Å². The van der Waals surface area contributed by atoms with Crippen molar-refractivity contribution in [3.63, 3.8) is 0 Å². The number of carbonyl (C=O) groups excluding carboxylic acids is 1. The van der Waals surface area contributed by atoms with Gasteiger partial charge in [-0.25, -0.2) is 4.79 Å². The monoisotopic (exact) mass is 295 g/mol. The molecule has 1 amide bonds. The number of carbonyl (C=O) groups is 1. The Morgan fingerprint density at radius 3 is 2.95 bits per heavy atom. The zero-order valence-electron chi connectivity index (χ0n) is 11.5. The van der Waals surface area contributed by atoms with E-state index in [4.69, 9.17) is 9.84 Å². The number of aliphatic hydroxyl groups excluding tert-OH is 1. The van der Waals surface area contributed by atoms with E-state index >= 15 is 0 Å². The van der Waals surface area contributed by atoms with Gasteiger partial charge in [-0.05, 0) is 18.4 Å². The maximum absolute atomic E-state index is 12.0. The summed E-state index contributed by atoms with van der Waals surface area (Å²) in [5.74, 6) is 0.734. The van der Waals surface area contributed by atoms with Crippen LogP contribution in [0.4, 0.5) is 4.79 Å². The molecule has 1 aromatic carbocycles. The van der Waals surface area contributed by atoms with E-state index in [1.807, 2.05) is 30.3 Å². The second kappa shape index (κ2) is 8.17. The van der Waals surface area contributed by atoms with Gasteiger partial charge in [0.15, 0.2) is 0 Å². The fraction of sp³-hybridized carbons (Fsp3) is 0.533. The minimum absolute atomic E-state index is 0.194. The van der Waals surface area contributed by atoms with E-state index in [1.54, 1.807) is 16.7 Å². The Kier molecular flexibility index (Phi) is 6.21. The van der Waals surface area contributed by atoms with Crippen LogP contribution in [0.5, 0.6) is 0 Å². The number of piperidine rings is 1. The fourth-order valence-corrected chi connectivity index (χ4v) is 3.33. The maximum Gasteiger partial charge on any atom is 0.410 e. The van der Waals surface area contributed by atoms with Gasteiger partial charge < -0.3 is 14.7 Å². The van der Waals surface area contributed by atoms with Gasteiger partial charge in [-0.15, -0.1) is 0 Å². The van der Waals surface area contributed by atoms with Crippen LogP contribution < -0.4 is 0 Å². The standard InChI is InChI=1S/C15H21NO3S/c17-9-10-20-14-7-4-8-16(11-14)15(18)19-12-13-5-2-1-3-6-13/h1-3,5-6,14,17H,4,7-12H2. The average Bonchev–Trinajstić information content (AvgIpc) is 2.52. The number of benzene rings is 1. The van der Waals surface area contributed by atoms with Crippen LogP contribution in [-0.2, 0) is 11.3 Å². The molecule has 0 spiro atoms. The highest BCUT2D eigenvalue weighted by molar-refractivity contribution is 7.99. The molecule has 2 rings (SSSR count). The van der Waals surface area contributed by atoms with Gasteiger partial charge in [0.25, 0.3) is 0 Å². The molecule has 20 heavy (non-hydrogen) atoms. The molecule has 0 aliphatic carbocycles. The number of aliphatic hydroxyl groups is 1. The number of hydrogen-bond acceptors (Lipinski definition) is 4. The van der Waals surface area contributed by atoms with Crippen LogP contribution in [0, 0.1) is 0 Å². The average molecular weight is 295 g/mol. The van der Waals surface area contributed by atoms with Crippen molar-refractivity contribution in [1.82, 2.24) is 4.90 Å². The van der Waals surface area contributed by atoms with Gasteiger partial charge in [0, 0.05) is 24.1 Å². The van der Waals surface area contributed by atoms with E-state index in [1.165, 1.54) is 0 Å². The summed E-state index contributed by atoms with van der Waals surface area (Å²) in [6.07, 6.45) is 1.87. The van der Waals surface area contributed by atoms with Crippen LogP contribution in [0.15, 0.2) is 30.3 Å². The molecule has 1 heterocycles. The van der Waals surface area contributed by atoms with Gasteiger partial charge >= 0.3 is 6.09 Å². The SMILES string of the molecule is O=C(OCc1ccccc1)N1CCCC(SCCO)C1. The predicted octanol–water partition coefficient (Wildman–Crippen LogP) is 2.51. The van der Waals surface area contributed by atoms with Crippen LogP contribution in [0.3, 0.4) is 0 Å². The molecule has 0 bridgehead atoms. The Labute approximate surface area is 124 Å². The number of amides is 1. The van der Waals surface area contributed by atoms with Crippen molar-refractivity contribution < 1.29 is 14.6 Å². The van der Waals surface area contributed by atoms with Crippen molar-refractivity contribution in [2.75, 3.05) is 25.4 Å². The molecule has 0 radical (unpaired) electrons. The number of rotatable bonds is 5. The molecule has 1 fully saturated rings. The fourth-order valence-electron chi connectivity index (χ4n) is 2.27. The van der Waals surface area contributed by atoms with Gasteiger partial charge in [0.2, 0.25) is 0 Å². The summed E-state index contributed by atoms with van der Waals surface area (Å²) in [6, 6.07) is 9.71. The number of hydrogen-bond donors (Lipinski definition) is 1. The number of likely N-dealkylation sites (tertiary alicyclic amines) is 1. The third-order valence-corrected chi connectivity index (χ3v) is 4.56. The van der Waals surface area contributed by atoms with Crippen LogP contribution in [0.25, 0.3) is 0 Å². The summed E-state index contributed by atoms with van der Waals surface area (Å²) < 4.78 is 5.35. The number of nitrogens with zero attached hydrogens (tertiary/aromatic N) is 1. The van der Waals surface area contributed by atoms with Crippen molar-refractivity contribution in [3.05, 3.63) is 35.9 Å². The molecule has 1 saturated heterocycles. The Hall–Kier alpha value is -1.20. The molecule has 0 aromatic heterocycles. The lowest BCUT2D eigenvalue weighted by atomic mass is 10.1. The zero-order chi connectivity index (χ0) is 14.2. The molecular weight excluding hydrogens is 274 g/mol. The largest absolute Gasteiger partial charge is 0.445 e. The summed E-state index contributed by atoms with van der Waals surface area (Å²) in [5.41, 5.74) is 1.00. The maximum atomic E-state index is 12.0. The van der Waals surface area contributed by atoms with E-state index in [0.29, 0.717) is 11.9 Å². The summed E-state index contributed by atoms with van der Waals surface area (Å²) in [6.45, 7) is 2.01. The topological polar surface area (TPSA) is 49.8 Å². The normalized spacial score (nSPS) is 18.9. The first-order valence-electron chi connectivity index (χ1n) is 6.97. The van der Waals surface area contributed by atoms with E-state index in [9.17, 15) is 4.79 Å². The van der Waals surface area contributed by atoms with Gasteiger partial charge in [0.05, 0.1) is 6.61 Å². The van der Waals surface area contributed by atoms with Gasteiger partial charge in [-0.2, -0.15) is 11.8 Å².